The van der Waals surface area contributed by atoms with E-state index in [-0.39, 0.29) is 6.04 Å². The number of nitrogens with two attached hydrogens (primary N) is 1. The molecule has 0 spiro atoms. The van der Waals surface area contributed by atoms with Gasteiger partial charge in [0.2, 0.25) is 0 Å². The van der Waals surface area contributed by atoms with Gasteiger partial charge in [-0.25, -0.2) is 4.98 Å². The van der Waals surface area contributed by atoms with Crippen molar-refractivity contribution in [1.82, 2.24) is 4.98 Å². The molecule has 4 heteroatoms. The lowest BCUT2D eigenvalue weighted by Gasteiger charge is -2.14. The zero-order valence-corrected chi connectivity index (χ0v) is 13.2. The monoisotopic (exact) mass is 324 g/mol. The van der Waals surface area contributed by atoms with Crippen molar-refractivity contribution < 1.29 is 0 Å². The predicted octanol–water partition coefficient (Wildman–Crippen LogP) is 4.07. The van der Waals surface area contributed by atoms with Crippen LogP contribution in [0.2, 0.25) is 0 Å². The SMILES string of the molecule is Cc1csc(CC(N)c2cc(C)c(Br)c(C)c2)n1. The minimum atomic E-state index is 0.0149. The lowest BCUT2D eigenvalue weighted by Crippen LogP contribution is -2.13. The number of hydrogen-bond donors (Lipinski definition) is 1. The van der Waals surface area contributed by atoms with E-state index in [1.807, 2.05) is 6.92 Å². The van der Waals surface area contributed by atoms with Crippen LogP contribution in [-0.4, -0.2) is 4.98 Å². The Morgan fingerprint density at radius 2 is 1.89 bits per heavy atom. The van der Waals surface area contributed by atoms with E-state index in [1.54, 1.807) is 11.3 Å². The maximum atomic E-state index is 6.28. The van der Waals surface area contributed by atoms with Crippen LogP contribution < -0.4 is 5.73 Å². The zero-order valence-electron chi connectivity index (χ0n) is 10.8. The average Bonchev–Trinajstić information content (AvgIpc) is 2.71. The van der Waals surface area contributed by atoms with Gasteiger partial charge in [-0.3, -0.25) is 0 Å². The van der Waals surface area contributed by atoms with Crippen LogP contribution in [0.4, 0.5) is 0 Å². The van der Waals surface area contributed by atoms with Crippen molar-refractivity contribution in [3.63, 3.8) is 0 Å². The van der Waals surface area contributed by atoms with E-state index >= 15 is 0 Å². The molecule has 1 aromatic carbocycles. The first kappa shape index (κ1) is 13.7. The molecule has 0 aliphatic carbocycles. The predicted molar refractivity (Wildman–Crippen MR) is 81.1 cm³/mol. The summed E-state index contributed by atoms with van der Waals surface area (Å²) < 4.78 is 1.17. The first-order valence-electron chi connectivity index (χ1n) is 5.90. The summed E-state index contributed by atoms with van der Waals surface area (Å²) in [5.74, 6) is 0. The Bertz CT molecular complexity index is 540. The summed E-state index contributed by atoms with van der Waals surface area (Å²) in [7, 11) is 0. The molecule has 1 heterocycles. The summed E-state index contributed by atoms with van der Waals surface area (Å²) in [6.07, 6.45) is 0.805. The van der Waals surface area contributed by atoms with Crippen molar-refractivity contribution in [3.05, 3.63) is 49.4 Å². The Balaban J connectivity index is 2.21. The maximum absolute atomic E-state index is 6.28. The molecular weight excluding hydrogens is 308 g/mol. The molecular formula is C14H17BrN2S. The van der Waals surface area contributed by atoms with Gasteiger partial charge < -0.3 is 5.73 Å². The molecule has 1 unspecified atom stereocenters. The minimum Gasteiger partial charge on any atom is -0.324 e. The first-order chi connectivity index (χ1) is 8.47. The summed E-state index contributed by atoms with van der Waals surface area (Å²) in [5.41, 5.74) is 11.0. The lowest BCUT2D eigenvalue weighted by molar-refractivity contribution is 0.715. The molecule has 1 atom stereocenters. The van der Waals surface area contributed by atoms with Gasteiger partial charge in [-0.1, -0.05) is 28.1 Å². The third-order valence-corrected chi connectivity index (χ3v) is 5.19. The average molecular weight is 325 g/mol. The standard InChI is InChI=1S/C14H17BrN2S/c1-8-4-11(5-9(2)14(8)15)12(16)6-13-17-10(3)7-18-13/h4-5,7,12H,6,16H2,1-3H3. The van der Waals surface area contributed by atoms with E-state index in [1.165, 1.54) is 21.2 Å². The number of rotatable bonds is 3. The van der Waals surface area contributed by atoms with Crippen LogP contribution in [0.15, 0.2) is 22.0 Å². The molecule has 0 bridgehead atoms. The van der Waals surface area contributed by atoms with E-state index in [9.17, 15) is 0 Å². The number of halogens is 1. The number of nitrogens with zero attached hydrogens (tertiary/aromatic N) is 1. The molecule has 0 aliphatic heterocycles. The van der Waals surface area contributed by atoms with Crippen molar-refractivity contribution in [3.8, 4) is 0 Å². The van der Waals surface area contributed by atoms with E-state index in [2.05, 4.69) is 52.3 Å². The van der Waals surface area contributed by atoms with Crippen molar-refractivity contribution >= 4 is 27.3 Å². The highest BCUT2D eigenvalue weighted by atomic mass is 79.9. The minimum absolute atomic E-state index is 0.0149. The van der Waals surface area contributed by atoms with Gasteiger partial charge in [-0.05, 0) is 37.5 Å². The smallest absolute Gasteiger partial charge is 0.0947 e. The lowest BCUT2D eigenvalue weighted by atomic mass is 10.00. The number of benzene rings is 1. The largest absolute Gasteiger partial charge is 0.324 e. The highest BCUT2D eigenvalue weighted by Gasteiger charge is 2.12. The van der Waals surface area contributed by atoms with E-state index in [4.69, 9.17) is 5.73 Å². The molecule has 2 rings (SSSR count). The molecule has 0 fully saturated rings. The van der Waals surface area contributed by atoms with E-state index in [0.29, 0.717) is 0 Å². The van der Waals surface area contributed by atoms with Crippen LogP contribution in [0.5, 0.6) is 0 Å². The summed E-state index contributed by atoms with van der Waals surface area (Å²) in [4.78, 5) is 4.47. The van der Waals surface area contributed by atoms with Gasteiger partial charge in [0.25, 0.3) is 0 Å². The molecule has 18 heavy (non-hydrogen) atoms. The number of aryl methyl sites for hydroxylation is 3. The highest BCUT2D eigenvalue weighted by Crippen LogP contribution is 2.26. The fraction of sp³-hybridized carbons (Fsp3) is 0.357. The Morgan fingerprint density at radius 3 is 2.39 bits per heavy atom. The van der Waals surface area contributed by atoms with Crippen LogP contribution in [0.3, 0.4) is 0 Å². The van der Waals surface area contributed by atoms with Gasteiger partial charge in [0, 0.05) is 28.0 Å². The molecule has 0 aliphatic rings. The quantitative estimate of drug-likeness (QED) is 0.924. The molecule has 0 radical (unpaired) electrons. The Kier molecular flexibility index (Phi) is 4.20. The molecule has 1 aromatic heterocycles. The van der Waals surface area contributed by atoms with Crippen molar-refractivity contribution in [2.45, 2.75) is 33.2 Å². The van der Waals surface area contributed by atoms with E-state index < -0.39 is 0 Å². The summed E-state index contributed by atoms with van der Waals surface area (Å²) in [6, 6.07) is 4.32. The van der Waals surface area contributed by atoms with Crippen LogP contribution in [0.1, 0.15) is 33.4 Å². The van der Waals surface area contributed by atoms with Crippen LogP contribution >= 0.6 is 27.3 Å². The third-order valence-electron chi connectivity index (χ3n) is 2.95. The third kappa shape index (κ3) is 2.99. The van der Waals surface area contributed by atoms with Gasteiger partial charge in [0.05, 0.1) is 5.01 Å². The Labute approximate surface area is 120 Å². The van der Waals surface area contributed by atoms with Gasteiger partial charge in [0.15, 0.2) is 0 Å². The maximum Gasteiger partial charge on any atom is 0.0947 e. The molecule has 0 saturated carbocycles. The molecule has 96 valence electrons. The second-order valence-electron chi connectivity index (χ2n) is 4.66. The van der Waals surface area contributed by atoms with Gasteiger partial charge in [-0.15, -0.1) is 11.3 Å². The second kappa shape index (κ2) is 5.51. The van der Waals surface area contributed by atoms with Crippen molar-refractivity contribution in [2.24, 2.45) is 5.73 Å². The second-order valence-corrected chi connectivity index (χ2v) is 6.40. The van der Waals surface area contributed by atoms with E-state index in [0.717, 1.165) is 17.1 Å². The van der Waals surface area contributed by atoms with Crippen LogP contribution in [-0.2, 0) is 6.42 Å². The number of thiazole rings is 1. The normalized spacial score (nSPS) is 12.7. The number of aromatic nitrogens is 1. The number of hydrogen-bond acceptors (Lipinski definition) is 3. The van der Waals surface area contributed by atoms with Crippen LogP contribution in [0, 0.1) is 20.8 Å². The highest BCUT2D eigenvalue weighted by molar-refractivity contribution is 9.10. The Hall–Kier alpha value is -0.710. The molecule has 2 N–H and O–H groups in total. The summed E-state index contributed by atoms with van der Waals surface area (Å²) in [6.45, 7) is 6.21. The topological polar surface area (TPSA) is 38.9 Å². The molecule has 2 nitrogen and oxygen atoms in total. The fourth-order valence-corrected chi connectivity index (χ4v) is 3.06. The van der Waals surface area contributed by atoms with Crippen molar-refractivity contribution in [1.29, 1.82) is 0 Å². The Morgan fingerprint density at radius 1 is 1.28 bits per heavy atom. The molecule has 0 saturated heterocycles. The first-order valence-corrected chi connectivity index (χ1v) is 7.58. The zero-order chi connectivity index (χ0) is 13.3. The molecule has 2 aromatic rings. The van der Waals surface area contributed by atoms with Crippen LogP contribution in [0.25, 0.3) is 0 Å². The summed E-state index contributed by atoms with van der Waals surface area (Å²) in [5, 5.41) is 3.18. The van der Waals surface area contributed by atoms with Crippen molar-refractivity contribution in [2.75, 3.05) is 0 Å². The van der Waals surface area contributed by atoms with Gasteiger partial charge >= 0.3 is 0 Å². The van der Waals surface area contributed by atoms with Gasteiger partial charge in [-0.2, -0.15) is 0 Å². The summed E-state index contributed by atoms with van der Waals surface area (Å²) >= 11 is 5.27. The fourth-order valence-electron chi connectivity index (χ4n) is 2.00. The molecule has 0 amide bonds. The van der Waals surface area contributed by atoms with Gasteiger partial charge in [0.1, 0.15) is 0 Å².